The molecule has 0 aliphatic rings. The normalized spacial score (nSPS) is 10.6. The third-order valence-electron chi connectivity index (χ3n) is 4.76. The molecule has 0 aliphatic carbocycles. The minimum Gasteiger partial charge on any atom is -0.489 e. The fourth-order valence-electron chi connectivity index (χ4n) is 3.25. The Kier molecular flexibility index (Phi) is 5.82. The molecule has 0 unspecified atom stereocenters. The van der Waals surface area contributed by atoms with Gasteiger partial charge in [-0.2, -0.15) is 0 Å². The summed E-state index contributed by atoms with van der Waals surface area (Å²) in [6.07, 6.45) is 0. The average Bonchev–Trinajstić information content (AvgIpc) is 2.79. The molecule has 1 N–H and O–H groups in total. The number of carboxylic acids is 1. The van der Waals surface area contributed by atoms with Gasteiger partial charge < -0.3 is 9.84 Å². The van der Waals surface area contributed by atoms with Gasteiger partial charge in [-0.25, -0.2) is 4.79 Å². The standard InChI is InChI=1S/C26H18ClO3/c27-23-11-14-25(20-7-4-8-21(15-20)26(28)29)22(16-23)17-30-24-12-9-19(10-13-24)18-5-2-1-3-6-18/h1-5,7-16H,17H2,(H,28,29). The number of aromatic carboxylic acids is 1. The number of halogens is 1. The maximum atomic E-state index is 11.3. The second-order valence-electron chi connectivity index (χ2n) is 6.78. The third kappa shape index (κ3) is 4.53. The summed E-state index contributed by atoms with van der Waals surface area (Å²) in [6.45, 7) is 0.310. The van der Waals surface area contributed by atoms with Crippen LogP contribution in [0.15, 0.2) is 91.0 Å². The van der Waals surface area contributed by atoms with Gasteiger partial charge in [0, 0.05) is 5.02 Å². The van der Waals surface area contributed by atoms with Crippen molar-refractivity contribution in [2.24, 2.45) is 0 Å². The zero-order chi connectivity index (χ0) is 20.9. The summed E-state index contributed by atoms with van der Waals surface area (Å²) < 4.78 is 5.99. The van der Waals surface area contributed by atoms with Crippen LogP contribution in [0.4, 0.5) is 0 Å². The van der Waals surface area contributed by atoms with Gasteiger partial charge in [0.15, 0.2) is 0 Å². The van der Waals surface area contributed by atoms with Crippen molar-refractivity contribution in [1.82, 2.24) is 0 Å². The van der Waals surface area contributed by atoms with Crippen molar-refractivity contribution in [3.8, 4) is 28.0 Å². The minimum atomic E-state index is -0.959. The molecule has 0 spiro atoms. The lowest BCUT2D eigenvalue weighted by atomic mass is 9.98. The maximum absolute atomic E-state index is 11.3. The molecule has 30 heavy (non-hydrogen) atoms. The highest BCUT2D eigenvalue weighted by molar-refractivity contribution is 6.30. The Morgan fingerprint density at radius 3 is 2.47 bits per heavy atom. The first-order valence-electron chi connectivity index (χ1n) is 9.42. The van der Waals surface area contributed by atoms with Gasteiger partial charge in [-0.15, -0.1) is 0 Å². The summed E-state index contributed by atoms with van der Waals surface area (Å²) in [5.41, 5.74) is 4.91. The van der Waals surface area contributed by atoms with E-state index in [-0.39, 0.29) is 5.56 Å². The highest BCUT2D eigenvalue weighted by Gasteiger charge is 2.10. The minimum absolute atomic E-state index is 0.239. The molecule has 0 saturated heterocycles. The molecule has 1 radical (unpaired) electrons. The van der Waals surface area contributed by atoms with Crippen LogP contribution in [0.25, 0.3) is 22.3 Å². The second-order valence-corrected chi connectivity index (χ2v) is 7.21. The molecule has 0 aromatic heterocycles. The van der Waals surface area contributed by atoms with E-state index in [1.807, 2.05) is 66.7 Å². The van der Waals surface area contributed by atoms with E-state index in [0.717, 1.165) is 33.6 Å². The lowest BCUT2D eigenvalue weighted by Gasteiger charge is -2.13. The number of carboxylic acid groups (broad SMARTS) is 1. The van der Waals surface area contributed by atoms with Crippen molar-refractivity contribution >= 4 is 17.6 Å². The second kappa shape index (κ2) is 8.85. The molecule has 0 amide bonds. The topological polar surface area (TPSA) is 46.5 Å². The zero-order valence-corrected chi connectivity index (χ0v) is 16.8. The molecule has 4 aromatic carbocycles. The average molecular weight is 414 g/mol. The maximum Gasteiger partial charge on any atom is 0.335 e. The number of hydrogen-bond acceptors (Lipinski definition) is 2. The quantitative estimate of drug-likeness (QED) is 0.380. The Morgan fingerprint density at radius 1 is 0.900 bits per heavy atom. The first-order chi connectivity index (χ1) is 14.6. The van der Waals surface area contributed by atoms with Crippen LogP contribution in [0, 0.1) is 6.07 Å². The molecule has 147 valence electrons. The molecule has 0 atom stereocenters. The Balaban J connectivity index is 1.56. The molecule has 0 saturated carbocycles. The van der Waals surface area contributed by atoms with Gasteiger partial charge >= 0.3 is 5.97 Å². The van der Waals surface area contributed by atoms with Crippen LogP contribution in [-0.2, 0) is 6.61 Å². The third-order valence-corrected chi connectivity index (χ3v) is 4.99. The van der Waals surface area contributed by atoms with Crippen LogP contribution in [0.5, 0.6) is 5.75 Å². The van der Waals surface area contributed by atoms with E-state index in [1.165, 1.54) is 0 Å². The van der Waals surface area contributed by atoms with Crippen LogP contribution < -0.4 is 4.74 Å². The van der Waals surface area contributed by atoms with Gasteiger partial charge in [0.25, 0.3) is 0 Å². The van der Waals surface area contributed by atoms with Crippen LogP contribution in [-0.4, -0.2) is 11.1 Å². The lowest BCUT2D eigenvalue weighted by molar-refractivity contribution is 0.0697. The predicted octanol–water partition coefficient (Wildman–Crippen LogP) is 6.75. The molecular weight excluding hydrogens is 396 g/mol. The predicted molar refractivity (Wildman–Crippen MR) is 119 cm³/mol. The van der Waals surface area contributed by atoms with Crippen molar-refractivity contribution in [3.63, 3.8) is 0 Å². The monoisotopic (exact) mass is 413 g/mol. The lowest BCUT2D eigenvalue weighted by Crippen LogP contribution is -2.00. The number of rotatable bonds is 6. The van der Waals surface area contributed by atoms with Crippen LogP contribution >= 0.6 is 11.6 Å². The fourth-order valence-corrected chi connectivity index (χ4v) is 3.44. The van der Waals surface area contributed by atoms with Crippen LogP contribution in [0.1, 0.15) is 15.9 Å². The van der Waals surface area contributed by atoms with Gasteiger partial charge in [0.2, 0.25) is 0 Å². The zero-order valence-electron chi connectivity index (χ0n) is 16.0. The fraction of sp³-hybridized carbons (Fsp3) is 0.0385. The molecule has 0 bridgehead atoms. The molecular formula is C26H18ClO3. The summed E-state index contributed by atoms with van der Waals surface area (Å²) in [6, 6.07) is 31.2. The van der Waals surface area contributed by atoms with Crippen LogP contribution in [0.3, 0.4) is 0 Å². The molecule has 4 rings (SSSR count). The first kappa shape index (κ1) is 19.7. The van der Waals surface area contributed by atoms with E-state index in [1.54, 1.807) is 24.3 Å². The van der Waals surface area contributed by atoms with Gasteiger partial charge in [-0.3, -0.25) is 0 Å². The Morgan fingerprint density at radius 2 is 1.73 bits per heavy atom. The Bertz CT molecular complexity index is 1170. The van der Waals surface area contributed by atoms with Gasteiger partial charge in [0.1, 0.15) is 12.4 Å². The van der Waals surface area contributed by atoms with Crippen molar-refractivity contribution in [2.75, 3.05) is 0 Å². The van der Waals surface area contributed by atoms with E-state index < -0.39 is 5.97 Å². The molecule has 3 nitrogen and oxygen atoms in total. The van der Waals surface area contributed by atoms with E-state index in [9.17, 15) is 9.90 Å². The first-order valence-corrected chi connectivity index (χ1v) is 9.80. The van der Waals surface area contributed by atoms with E-state index in [4.69, 9.17) is 16.3 Å². The molecule has 0 heterocycles. The van der Waals surface area contributed by atoms with Crippen molar-refractivity contribution in [1.29, 1.82) is 0 Å². The Hall–Kier alpha value is -3.56. The SMILES string of the molecule is O=C(O)c1cccc(-c2ccc(Cl)cc2COc2ccc(-c3[c]cccc3)cc2)c1. The van der Waals surface area contributed by atoms with Gasteiger partial charge in [0.05, 0.1) is 5.56 Å². The molecule has 0 fully saturated rings. The highest BCUT2D eigenvalue weighted by atomic mass is 35.5. The number of benzene rings is 4. The highest BCUT2D eigenvalue weighted by Crippen LogP contribution is 2.29. The summed E-state index contributed by atoms with van der Waals surface area (Å²) in [5, 5.41) is 9.88. The number of hydrogen-bond donors (Lipinski definition) is 1. The van der Waals surface area contributed by atoms with Crippen molar-refractivity contribution in [3.05, 3.63) is 113 Å². The van der Waals surface area contributed by atoms with E-state index in [0.29, 0.717) is 11.6 Å². The summed E-state index contributed by atoms with van der Waals surface area (Å²) in [7, 11) is 0. The summed E-state index contributed by atoms with van der Waals surface area (Å²) >= 11 is 6.20. The van der Waals surface area contributed by atoms with Crippen LogP contribution in [0.2, 0.25) is 5.02 Å². The smallest absolute Gasteiger partial charge is 0.335 e. The van der Waals surface area contributed by atoms with Crippen molar-refractivity contribution in [2.45, 2.75) is 6.61 Å². The molecule has 4 heteroatoms. The van der Waals surface area contributed by atoms with Crippen molar-refractivity contribution < 1.29 is 14.6 Å². The van der Waals surface area contributed by atoms with Gasteiger partial charge in [-0.1, -0.05) is 66.2 Å². The van der Waals surface area contributed by atoms with E-state index in [2.05, 4.69) is 6.07 Å². The molecule has 4 aromatic rings. The largest absolute Gasteiger partial charge is 0.489 e. The molecule has 0 aliphatic heterocycles. The van der Waals surface area contributed by atoms with E-state index >= 15 is 0 Å². The summed E-state index contributed by atoms with van der Waals surface area (Å²) in [4.78, 5) is 11.3. The number of ether oxygens (including phenoxy) is 1. The van der Waals surface area contributed by atoms with Gasteiger partial charge in [-0.05, 0) is 70.3 Å². The summed E-state index contributed by atoms with van der Waals surface area (Å²) in [5.74, 6) is -0.223. The number of carbonyl (C=O) groups is 1. The Labute approximate surface area is 180 Å².